The van der Waals surface area contributed by atoms with Crippen molar-refractivity contribution in [3.63, 3.8) is 0 Å². The Morgan fingerprint density at radius 1 is 0.840 bits per heavy atom. The van der Waals surface area contributed by atoms with Crippen molar-refractivity contribution in [2.75, 3.05) is 5.32 Å². The Balaban J connectivity index is 1.81. The standard InChI is InChI=1S/C23H19NO/c25-20-12-6-11-18-21-17-10-5-4-7-15(17)13-14-19(21)24-23(22(18)20)16-8-2-1-3-9-16/h1-5,7-10,13-14,23-24H,6,11-12H2/t23-/m0/s1. The molecule has 1 atom stereocenters. The van der Waals surface area contributed by atoms with Crippen LogP contribution >= 0.6 is 0 Å². The molecule has 3 aromatic rings. The lowest BCUT2D eigenvalue weighted by Gasteiger charge is -2.35. The van der Waals surface area contributed by atoms with E-state index in [1.165, 1.54) is 21.9 Å². The van der Waals surface area contributed by atoms with Crippen molar-refractivity contribution < 1.29 is 4.79 Å². The van der Waals surface area contributed by atoms with Gasteiger partial charge < -0.3 is 5.32 Å². The van der Waals surface area contributed by atoms with Gasteiger partial charge in [0.05, 0.1) is 6.04 Å². The summed E-state index contributed by atoms with van der Waals surface area (Å²) >= 11 is 0. The summed E-state index contributed by atoms with van der Waals surface area (Å²) in [6.45, 7) is 0. The molecule has 0 saturated heterocycles. The summed E-state index contributed by atoms with van der Waals surface area (Å²) in [6.07, 6.45) is 2.58. The van der Waals surface area contributed by atoms with Crippen molar-refractivity contribution in [3.05, 3.63) is 83.4 Å². The predicted octanol–water partition coefficient (Wildman–Crippen LogP) is 5.51. The molecular weight excluding hydrogens is 306 g/mol. The lowest BCUT2D eigenvalue weighted by Crippen LogP contribution is -2.27. The molecule has 0 bridgehead atoms. The molecule has 0 spiro atoms. The van der Waals surface area contributed by atoms with Crippen molar-refractivity contribution in [1.29, 1.82) is 0 Å². The maximum absolute atomic E-state index is 12.9. The highest BCUT2D eigenvalue weighted by Gasteiger charge is 2.34. The van der Waals surface area contributed by atoms with E-state index in [1.54, 1.807) is 0 Å². The fourth-order valence-electron chi connectivity index (χ4n) is 4.30. The molecule has 0 fully saturated rings. The molecule has 1 heterocycles. The number of Topliss-reactive ketones (excluding diaryl/α,β-unsaturated/α-hetero) is 1. The van der Waals surface area contributed by atoms with Gasteiger partial charge >= 0.3 is 0 Å². The number of benzene rings is 3. The van der Waals surface area contributed by atoms with Crippen LogP contribution in [0.25, 0.3) is 16.3 Å². The summed E-state index contributed by atoms with van der Waals surface area (Å²) in [7, 11) is 0. The van der Waals surface area contributed by atoms with E-state index in [2.05, 4.69) is 53.8 Å². The molecule has 2 aliphatic rings. The molecule has 2 nitrogen and oxygen atoms in total. The summed E-state index contributed by atoms with van der Waals surface area (Å²) in [5.74, 6) is 0.293. The lowest BCUT2D eigenvalue weighted by molar-refractivity contribution is -0.116. The molecule has 122 valence electrons. The molecule has 2 heteroatoms. The fourth-order valence-corrected chi connectivity index (χ4v) is 4.30. The number of hydrogen-bond donors (Lipinski definition) is 1. The summed E-state index contributed by atoms with van der Waals surface area (Å²) in [5, 5.41) is 6.12. The first-order chi connectivity index (χ1) is 12.3. The third kappa shape index (κ3) is 2.21. The zero-order valence-electron chi connectivity index (χ0n) is 14.0. The number of ketones is 1. The highest BCUT2D eigenvalue weighted by Crippen LogP contribution is 2.47. The molecule has 5 rings (SSSR count). The average Bonchev–Trinajstić information content (AvgIpc) is 2.68. The molecule has 3 aromatic carbocycles. The van der Waals surface area contributed by atoms with Gasteiger partial charge in [-0.2, -0.15) is 0 Å². The normalized spacial score (nSPS) is 19.4. The van der Waals surface area contributed by atoms with Crippen LogP contribution in [0.5, 0.6) is 0 Å². The van der Waals surface area contributed by atoms with Crippen molar-refractivity contribution in [1.82, 2.24) is 0 Å². The number of allylic oxidation sites excluding steroid dienone is 1. The summed E-state index contributed by atoms with van der Waals surface area (Å²) in [5.41, 5.74) is 5.75. The number of nitrogens with one attached hydrogen (secondary N) is 1. The molecule has 0 saturated carbocycles. The molecule has 1 aliphatic heterocycles. The predicted molar refractivity (Wildman–Crippen MR) is 103 cm³/mol. The Labute approximate surface area is 147 Å². The van der Waals surface area contributed by atoms with E-state index >= 15 is 0 Å². The SMILES string of the molecule is O=C1CCCC2=C1[C@H](c1ccccc1)Nc1ccc3ccccc3c12. The monoisotopic (exact) mass is 325 g/mol. The number of carbonyl (C=O) groups excluding carboxylic acids is 1. The van der Waals surface area contributed by atoms with E-state index in [4.69, 9.17) is 0 Å². The van der Waals surface area contributed by atoms with Gasteiger partial charge in [-0.15, -0.1) is 0 Å². The second-order valence-corrected chi connectivity index (χ2v) is 6.87. The topological polar surface area (TPSA) is 29.1 Å². The first-order valence-corrected chi connectivity index (χ1v) is 8.93. The van der Waals surface area contributed by atoms with Crippen LogP contribution in [0, 0.1) is 0 Å². The fraction of sp³-hybridized carbons (Fsp3) is 0.174. The highest BCUT2D eigenvalue weighted by molar-refractivity contribution is 6.12. The Kier molecular flexibility index (Phi) is 3.24. The highest BCUT2D eigenvalue weighted by atomic mass is 16.1. The van der Waals surface area contributed by atoms with Crippen LogP contribution in [0.4, 0.5) is 5.69 Å². The molecule has 25 heavy (non-hydrogen) atoms. The molecule has 0 amide bonds. The van der Waals surface area contributed by atoms with Gasteiger partial charge in [0.25, 0.3) is 0 Å². The van der Waals surface area contributed by atoms with Crippen molar-refractivity contribution in [3.8, 4) is 0 Å². The minimum atomic E-state index is -0.0438. The first-order valence-electron chi connectivity index (χ1n) is 8.93. The zero-order valence-corrected chi connectivity index (χ0v) is 14.0. The average molecular weight is 325 g/mol. The van der Waals surface area contributed by atoms with Gasteiger partial charge in [-0.05, 0) is 40.8 Å². The Hall–Kier alpha value is -2.87. The van der Waals surface area contributed by atoms with E-state index in [0.29, 0.717) is 12.2 Å². The van der Waals surface area contributed by atoms with E-state index in [1.807, 2.05) is 18.2 Å². The zero-order chi connectivity index (χ0) is 16.8. The molecule has 0 aromatic heterocycles. The van der Waals surface area contributed by atoms with E-state index < -0.39 is 0 Å². The number of rotatable bonds is 1. The second kappa shape index (κ2) is 5.59. The van der Waals surface area contributed by atoms with E-state index in [-0.39, 0.29) is 6.04 Å². The Morgan fingerprint density at radius 2 is 1.64 bits per heavy atom. The van der Waals surface area contributed by atoms with Crippen LogP contribution in [0.15, 0.2) is 72.3 Å². The van der Waals surface area contributed by atoms with Crippen LogP contribution in [0.3, 0.4) is 0 Å². The lowest BCUT2D eigenvalue weighted by atomic mass is 9.77. The minimum Gasteiger partial charge on any atom is -0.373 e. The number of hydrogen-bond acceptors (Lipinski definition) is 2. The van der Waals surface area contributed by atoms with Crippen molar-refractivity contribution in [2.24, 2.45) is 0 Å². The van der Waals surface area contributed by atoms with Gasteiger partial charge in [-0.1, -0.05) is 60.7 Å². The number of carbonyl (C=O) groups is 1. The Morgan fingerprint density at radius 3 is 2.52 bits per heavy atom. The van der Waals surface area contributed by atoms with Crippen LogP contribution < -0.4 is 5.32 Å². The second-order valence-electron chi connectivity index (χ2n) is 6.87. The first kappa shape index (κ1) is 14.5. The summed E-state index contributed by atoms with van der Waals surface area (Å²) in [4.78, 5) is 12.9. The number of anilines is 1. The molecule has 0 radical (unpaired) electrons. The van der Waals surface area contributed by atoms with E-state index in [9.17, 15) is 4.79 Å². The van der Waals surface area contributed by atoms with Gasteiger partial charge in [0, 0.05) is 23.2 Å². The third-order valence-electron chi connectivity index (χ3n) is 5.41. The molecular formula is C23H19NO. The maximum atomic E-state index is 12.9. The van der Waals surface area contributed by atoms with Gasteiger partial charge in [0.1, 0.15) is 0 Å². The van der Waals surface area contributed by atoms with E-state index in [0.717, 1.165) is 29.7 Å². The largest absolute Gasteiger partial charge is 0.373 e. The number of fused-ring (bicyclic) bond motifs is 4. The van der Waals surface area contributed by atoms with Crippen LogP contribution in [-0.2, 0) is 4.79 Å². The van der Waals surface area contributed by atoms with Crippen LogP contribution in [-0.4, -0.2) is 5.78 Å². The molecule has 1 aliphatic carbocycles. The quantitative estimate of drug-likeness (QED) is 0.639. The van der Waals surface area contributed by atoms with Gasteiger partial charge in [-0.3, -0.25) is 4.79 Å². The Bertz CT molecular complexity index is 1020. The molecule has 1 N–H and O–H groups in total. The summed E-state index contributed by atoms with van der Waals surface area (Å²) < 4.78 is 0. The molecule has 0 unspecified atom stereocenters. The van der Waals surface area contributed by atoms with Gasteiger partial charge in [0.15, 0.2) is 5.78 Å². The van der Waals surface area contributed by atoms with Gasteiger partial charge in [0.2, 0.25) is 0 Å². The van der Waals surface area contributed by atoms with Crippen LogP contribution in [0.2, 0.25) is 0 Å². The van der Waals surface area contributed by atoms with Crippen molar-refractivity contribution >= 4 is 27.8 Å². The van der Waals surface area contributed by atoms with Crippen molar-refractivity contribution in [2.45, 2.75) is 25.3 Å². The van der Waals surface area contributed by atoms with Crippen LogP contribution in [0.1, 0.15) is 36.4 Å². The van der Waals surface area contributed by atoms with Gasteiger partial charge in [-0.25, -0.2) is 0 Å². The summed E-state index contributed by atoms with van der Waals surface area (Å²) in [6, 6.07) is 23.1. The third-order valence-corrected chi connectivity index (χ3v) is 5.41. The smallest absolute Gasteiger partial charge is 0.161 e. The maximum Gasteiger partial charge on any atom is 0.161 e. The minimum absolute atomic E-state index is 0.0438.